The highest BCUT2D eigenvalue weighted by molar-refractivity contribution is 5.52. The number of allylic oxidation sites excluding steroid dienone is 3. The fourth-order valence-electron chi connectivity index (χ4n) is 2.75. The van der Waals surface area contributed by atoms with E-state index in [1.807, 2.05) is 24.3 Å². The zero-order valence-electron chi connectivity index (χ0n) is 13.6. The first-order chi connectivity index (χ1) is 11.3. The minimum absolute atomic E-state index is 0.656. The maximum atomic E-state index is 5.20. The average molecular weight is 306 g/mol. The van der Waals surface area contributed by atoms with Crippen molar-refractivity contribution in [3.63, 3.8) is 0 Å². The lowest BCUT2D eigenvalue weighted by Gasteiger charge is -2.01. The lowest BCUT2D eigenvalue weighted by atomic mass is 10.1. The summed E-state index contributed by atoms with van der Waals surface area (Å²) in [6.45, 7) is 0. The van der Waals surface area contributed by atoms with E-state index in [0.717, 1.165) is 11.5 Å². The van der Waals surface area contributed by atoms with Gasteiger partial charge in [0.15, 0.2) is 0 Å². The van der Waals surface area contributed by atoms with Crippen molar-refractivity contribution in [1.29, 1.82) is 0 Å². The molecule has 0 saturated heterocycles. The van der Waals surface area contributed by atoms with Crippen LogP contribution in [0.5, 0.6) is 11.5 Å². The maximum Gasteiger partial charge on any atom is 0.118 e. The second-order valence-corrected chi connectivity index (χ2v) is 5.80. The van der Waals surface area contributed by atoms with E-state index in [4.69, 9.17) is 9.47 Å². The van der Waals surface area contributed by atoms with Gasteiger partial charge in [0.25, 0.3) is 0 Å². The van der Waals surface area contributed by atoms with Crippen molar-refractivity contribution in [2.75, 3.05) is 14.2 Å². The summed E-state index contributed by atoms with van der Waals surface area (Å²) in [6.07, 6.45) is 9.90. The molecule has 0 heterocycles. The summed E-state index contributed by atoms with van der Waals surface area (Å²) in [6, 6.07) is 16.5. The molecule has 0 aromatic heterocycles. The van der Waals surface area contributed by atoms with E-state index in [1.54, 1.807) is 14.2 Å². The van der Waals surface area contributed by atoms with E-state index < -0.39 is 0 Å². The second kappa shape index (κ2) is 7.19. The Morgan fingerprint density at radius 1 is 0.826 bits per heavy atom. The topological polar surface area (TPSA) is 18.5 Å². The number of hydrogen-bond acceptors (Lipinski definition) is 2. The van der Waals surface area contributed by atoms with Crippen molar-refractivity contribution in [1.82, 2.24) is 0 Å². The van der Waals surface area contributed by atoms with Gasteiger partial charge in [-0.2, -0.15) is 0 Å². The zero-order chi connectivity index (χ0) is 16.1. The van der Waals surface area contributed by atoms with Crippen LogP contribution < -0.4 is 9.47 Å². The Bertz CT molecular complexity index is 681. The highest BCUT2D eigenvalue weighted by atomic mass is 16.5. The van der Waals surface area contributed by atoms with Crippen molar-refractivity contribution >= 4 is 6.08 Å². The van der Waals surface area contributed by atoms with E-state index >= 15 is 0 Å². The van der Waals surface area contributed by atoms with Crippen molar-refractivity contribution in [2.24, 2.45) is 5.92 Å². The molecule has 2 atom stereocenters. The molecule has 3 rings (SSSR count). The summed E-state index contributed by atoms with van der Waals surface area (Å²) in [4.78, 5) is 0. The summed E-state index contributed by atoms with van der Waals surface area (Å²) < 4.78 is 10.4. The summed E-state index contributed by atoms with van der Waals surface area (Å²) in [5.41, 5.74) is 2.58. The lowest BCUT2D eigenvalue weighted by molar-refractivity contribution is 0.414. The molecule has 2 nitrogen and oxygen atoms in total. The van der Waals surface area contributed by atoms with Gasteiger partial charge in [-0.15, -0.1) is 0 Å². The van der Waals surface area contributed by atoms with Gasteiger partial charge < -0.3 is 9.47 Å². The fraction of sp³-hybridized carbons (Fsp3) is 0.238. The lowest BCUT2D eigenvalue weighted by Crippen LogP contribution is -1.84. The average Bonchev–Trinajstić information content (AvgIpc) is 3.39. The Morgan fingerprint density at radius 2 is 1.43 bits per heavy atom. The van der Waals surface area contributed by atoms with E-state index in [2.05, 4.69) is 48.6 Å². The van der Waals surface area contributed by atoms with Gasteiger partial charge in [0.2, 0.25) is 0 Å². The Balaban J connectivity index is 1.51. The van der Waals surface area contributed by atoms with Gasteiger partial charge in [-0.05, 0) is 53.6 Å². The van der Waals surface area contributed by atoms with Gasteiger partial charge >= 0.3 is 0 Å². The molecule has 118 valence electrons. The van der Waals surface area contributed by atoms with Crippen LogP contribution in [0.15, 0.2) is 66.8 Å². The molecule has 1 aliphatic carbocycles. The molecule has 0 spiro atoms. The van der Waals surface area contributed by atoms with Crippen molar-refractivity contribution in [2.45, 2.75) is 12.3 Å². The Kier molecular flexibility index (Phi) is 4.82. The minimum atomic E-state index is 0.656. The number of rotatable bonds is 6. The first-order valence-corrected chi connectivity index (χ1v) is 7.93. The molecule has 2 aromatic rings. The van der Waals surface area contributed by atoms with Gasteiger partial charge in [0.1, 0.15) is 11.5 Å². The van der Waals surface area contributed by atoms with Gasteiger partial charge in [0.05, 0.1) is 14.2 Å². The molecule has 23 heavy (non-hydrogen) atoms. The third-order valence-electron chi connectivity index (χ3n) is 4.26. The van der Waals surface area contributed by atoms with Crippen LogP contribution in [0, 0.1) is 5.92 Å². The van der Waals surface area contributed by atoms with E-state index in [1.165, 1.54) is 17.5 Å². The molecule has 0 bridgehead atoms. The summed E-state index contributed by atoms with van der Waals surface area (Å²) in [5, 5.41) is 0. The van der Waals surface area contributed by atoms with Crippen LogP contribution in [0.3, 0.4) is 0 Å². The molecule has 1 fully saturated rings. The Morgan fingerprint density at radius 3 is 2.04 bits per heavy atom. The number of methoxy groups -OCH3 is 2. The van der Waals surface area contributed by atoms with Crippen LogP contribution in [-0.2, 0) is 0 Å². The predicted molar refractivity (Wildman–Crippen MR) is 95.0 cm³/mol. The highest BCUT2D eigenvalue weighted by Crippen LogP contribution is 2.48. The number of hydrogen-bond donors (Lipinski definition) is 0. The summed E-state index contributed by atoms with van der Waals surface area (Å²) >= 11 is 0. The smallest absolute Gasteiger partial charge is 0.118 e. The molecule has 2 heteroatoms. The summed E-state index contributed by atoms with van der Waals surface area (Å²) in [5.74, 6) is 3.12. The predicted octanol–water partition coefficient (Wildman–Crippen LogP) is 5.08. The molecule has 0 radical (unpaired) electrons. The monoisotopic (exact) mass is 306 g/mol. The van der Waals surface area contributed by atoms with Crippen LogP contribution in [0.4, 0.5) is 0 Å². The van der Waals surface area contributed by atoms with Gasteiger partial charge in [-0.3, -0.25) is 0 Å². The quantitative estimate of drug-likeness (QED) is 0.693. The highest BCUT2D eigenvalue weighted by Gasteiger charge is 2.35. The van der Waals surface area contributed by atoms with E-state index in [0.29, 0.717) is 11.8 Å². The second-order valence-electron chi connectivity index (χ2n) is 5.80. The number of ether oxygens (including phenoxy) is 2. The van der Waals surface area contributed by atoms with Crippen LogP contribution in [-0.4, -0.2) is 14.2 Å². The molecule has 2 unspecified atom stereocenters. The van der Waals surface area contributed by atoms with Gasteiger partial charge in [-0.25, -0.2) is 0 Å². The van der Waals surface area contributed by atoms with Crippen molar-refractivity contribution < 1.29 is 9.47 Å². The van der Waals surface area contributed by atoms with Crippen LogP contribution in [0.1, 0.15) is 23.5 Å². The molecule has 1 saturated carbocycles. The third-order valence-corrected chi connectivity index (χ3v) is 4.26. The van der Waals surface area contributed by atoms with E-state index in [9.17, 15) is 0 Å². The SMILES string of the molecule is COc1ccc(/C=C/C=C/C2CC2c2ccc(OC)cc2)cc1. The molecule has 1 aliphatic rings. The van der Waals surface area contributed by atoms with Gasteiger partial charge in [0, 0.05) is 0 Å². The fourth-order valence-corrected chi connectivity index (χ4v) is 2.75. The first-order valence-electron chi connectivity index (χ1n) is 7.93. The van der Waals surface area contributed by atoms with Crippen LogP contribution in [0.2, 0.25) is 0 Å². The molecule has 0 aliphatic heterocycles. The molecule has 2 aromatic carbocycles. The first kappa shape index (κ1) is 15.4. The van der Waals surface area contributed by atoms with Gasteiger partial charge in [-0.1, -0.05) is 48.6 Å². The minimum Gasteiger partial charge on any atom is -0.497 e. The molecular weight excluding hydrogens is 284 g/mol. The van der Waals surface area contributed by atoms with Crippen molar-refractivity contribution in [3.8, 4) is 11.5 Å². The van der Waals surface area contributed by atoms with Crippen molar-refractivity contribution in [3.05, 3.63) is 77.9 Å². The van der Waals surface area contributed by atoms with E-state index in [-0.39, 0.29) is 0 Å². The molecule has 0 N–H and O–H groups in total. The largest absolute Gasteiger partial charge is 0.497 e. The Hall–Kier alpha value is -2.48. The van der Waals surface area contributed by atoms with Crippen LogP contribution >= 0.6 is 0 Å². The van der Waals surface area contributed by atoms with Crippen LogP contribution in [0.25, 0.3) is 6.08 Å². The third kappa shape index (κ3) is 4.04. The molecule has 0 amide bonds. The zero-order valence-corrected chi connectivity index (χ0v) is 13.6. The summed E-state index contributed by atoms with van der Waals surface area (Å²) in [7, 11) is 3.38. The Labute approximate surface area is 138 Å². The normalized spacial score (nSPS) is 20.1. The maximum absolute atomic E-state index is 5.20. The number of benzene rings is 2. The molecular formula is C21H22O2. The standard InChI is InChI=1S/C21H22O2/c1-22-19-11-7-16(8-12-19)5-3-4-6-18-15-21(18)17-9-13-20(23-2)14-10-17/h3-14,18,21H,15H2,1-2H3/b5-3+,6-4+.